The van der Waals surface area contributed by atoms with E-state index in [1.165, 1.54) is 19.9 Å². The van der Waals surface area contributed by atoms with Gasteiger partial charge in [-0.1, -0.05) is 6.08 Å². The third-order valence-electron chi connectivity index (χ3n) is 5.97. The van der Waals surface area contributed by atoms with E-state index in [-0.39, 0.29) is 25.4 Å². The van der Waals surface area contributed by atoms with Crippen LogP contribution in [0, 0.1) is 5.41 Å². The molecule has 0 radical (unpaired) electrons. The zero-order valence-electron chi connectivity index (χ0n) is 17.5. The van der Waals surface area contributed by atoms with Gasteiger partial charge in [-0.2, -0.15) is 0 Å². The number of aliphatic hydroxyl groups is 5. The Labute approximate surface area is 180 Å². The lowest BCUT2D eigenvalue weighted by atomic mass is 9.71. The van der Waals surface area contributed by atoms with Gasteiger partial charge in [0.2, 0.25) is 6.79 Å². The number of carbonyl (C=O) groups is 1. The van der Waals surface area contributed by atoms with Crippen molar-refractivity contribution in [2.45, 2.75) is 69.1 Å². The summed E-state index contributed by atoms with van der Waals surface area (Å²) < 4.78 is 21.8. The summed E-state index contributed by atoms with van der Waals surface area (Å²) in [7, 11) is 0. The quantitative estimate of drug-likeness (QED) is 0.303. The van der Waals surface area contributed by atoms with Gasteiger partial charge in [-0.05, 0) is 32.8 Å². The van der Waals surface area contributed by atoms with Gasteiger partial charge in [-0.25, -0.2) is 0 Å². The summed E-state index contributed by atoms with van der Waals surface area (Å²) in [6, 6.07) is 0. The van der Waals surface area contributed by atoms with E-state index in [2.05, 4.69) is 6.58 Å². The first-order chi connectivity index (χ1) is 14.5. The lowest BCUT2D eigenvalue weighted by molar-refractivity contribution is -0.332. The first kappa shape index (κ1) is 23.9. The van der Waals surface area contributed by atoms with Crippen LogP contribution < -0.4 is 0 Å². The number of fused-ring (bicyclic) bond motifs is 1. The third-order valence-corrected chi connectivity index (χ3v) is 5.97. The molecule has 0 amide bonds. The zero-order valence-corrected chi connectivity index (χ0v) is 17.5. The first-order valence-electron chi connectivity index (χ1n) is 10.1. The minimum absolute atomic E-state index is 0.00336. The van der Waals surface area contributed by atoms with Crippen molar-refractivity contribution in [3.05, 3.63) is 36.3 Å². The normalized spacial score (nSPS) is 36.6. The Morgan fingerprint density at radius 3 is 2.58 bits per heavy atom. The van der Waals surface area contributed by atoms with Crippen molar-refractivity contribution in [1.82, 2.24) is 0 Å². The molecule has 7 atom stereocenters. The molecule has 5 N–H and O–H groups in total. The van der Waals surface area contributed by atoms with Crippen molar-refractivity contribution in [2.75, 3.05) is 13.4 Å². The molecule has 3 rings (SSSR count). The van der Waals surface area contributed by atoms with Crippen LogP contribution in [0.2, 0.25) is 0 Å². The summed E-state index contributed by atoms with van der Waals surface area (Å²) in [5, 5.41) is 50.5. The average Bonchev–Trinajstić information content (AvgIpc) is 3.15. The van der Waals surface area contributed by atoms with Crippen molar-refractivity contribution < 1.29 is 49.3 Å². The number of ether oxygens (including phenoxy) is 4. The van der Waals surface area contributed by atoms with Crippen molar-refractivity contribution in [3.63, 3.8) is 0 Å². The molecule has 2 heterocycles. The highest BCUT2D eigenvalue weighted by atomic mass is 16.7. The van der Waals surface area contributed by atoms with E-state index in [9.17, 15) is 30.3 Å². The molecule has 2 fully saturated rings. The Morgan fingerprint density at radius 1 is 1.26 bits per heavy atom. The van der Waals surface area contributed by atoms with Gasteiger partial charge in [0.25, 0.3) is 0 Å². The summed E-state index contributed by atoms with van der Waals surface area (Å²) in [4.78, 5) is 12.9. The number of carbonyl (C=O) groups excluding carboxylic acids is 1. The molecule has 0 saturated carbocycles. The van der Waals surface area contributed by atoms with Crippen LogP contribution >= 0.6 is 0 Å². The lowest BCUT2D eigenvalue weighted by Crippen LogP contribution is -2.61. The average molecular weight is 442 g/mol. The highest BCUT2D eigenvalue weighted by Gasteiger charge is 2.49. The smallest absolute Gasteiger partial charge is 0.231 e. The Balaban J connectivity index is 1.77. The van der Waals surface area contributed by atoms with Crippen LogP contribution in [0.15, 0.2) is 36.3 Å². The summed E-state index contributed by atoms with van der Waals surface area (Å²) in [6.07, 6.45) is -3.83. The van der Waals surface area contributed by atoms with Crippen LogP contribution in [0.1, 0.15) is 26.7 Å². The van der Waals surface area contributed by atoms with Crippen LogP contribution in [-0.4, -0.2) is 87.1 Å². The predicted molar refractivity (Wildman–Crippen MR) is 105 cm³/mol. The number of ketones is 1. The topological polar surface area (TPSA) is 155 Å². The second-order valence-electron chi connectivity index (χ2n) is 8.58. The molecule has 2 saturated heterocycles. The van der Waals surface area contributed by atoms with Gasteiger partial charge in [0, 0.05) is 6.08 Å². The lowest BCUT2D eigenvalue weighted by Gasteiger charge is -2.44. The number of allylic oxidation sites excluding steroid dienone is 3. The Morgan fingerprint density at radius 2 is 1.94 bits per heavy atom. The fraction of sp³-hybridized carbons (Fsp3) is 0.667. The third kappa shape index (κ3) is 4.56. The summed E-state index contributed by atoms with van der Waals surface area (Å²) in [6.45, 7) is 6.19. The number of aliphatic hydroxyl groups excluding tert-OH is 5. The van der Waals surface area contributed by atoms with Crippen LogP contribution in [0.3, 0.4) is 0 Å². The molecule has 0 aromatic carbocycles. The standard InChI is InChI=1S/C21H30O10/c1-4-5-21(7-12-11(6-14(21)23)28-10-29-12)8-15(24)20(2,3)31-19-18(27)17(26)16(25)13(9-22)30-19/h4,6-7,13,15-19,22,24-27H,1,5,8-10H2,2-3H3/t13-,15+,16-,17+,18-,19+,21-/m1/s1. The maximum Gasteiger partial charge on any atom is 0.231 e. The molecule has 174 valence electrons. The van der Waals surface area contributed by atoms with Gasteiger partial charge in [0.15, 0.2) is 23.6 Å². The van der Waals surface area contributed by atoms with Crippen molar-refractivity contribution >= 4 is 5.78 Å². The molecule has 0 aromatic heterocycles. The van der Waals surface area contributed by atoms with Crippen LogP contribution in [0.5, 0.6) is 0 Å². The Kier molecular flexibility index (Phi) is 6.92. The number of hydrogen-bond donors (Lipinski definition) is 5. The molecular formula is C21H30O10. The van der Waals surface area contributed by atoms with Gasteiger partial charge < -0.3 is 44.5 Å². The van der Waals surface area contributed by atoms with Crippen molar-refractivity contribution in [3.8, 4) is 0 Å². The molecule has 1 aliphatic carbocycles. The Bertz CT molecular complexity index is 757. The van der Waals surface area contributed by atoms with E-state index in [1.807, 2.05) is 0 Å². The molecule has 3 aliphatic rings. The number of hydrogen-bond acceptors (Lipinski definition) is 10. The molecule has 0 aromatic rings. The fourth-order valence-electron chi connectivity index (χ4n) is 3.90. The van der Waals surface area contributed by atoms with E-state index in [0.29, 0.717) is 11.5 Å². The summed E-state index contributed by atoms with van der Waals surface area (Å²) >= 11 is 0. The van der Waals surface area contributed by atoms with E-state index in [1.54, 1.807) is 12.2 Å². The summed E-state index contributed by atoms with van der Waals surface area (Å²) in [5.74, 6) is 0.483. The van der Waals surface area contributed by atoms with Crippen LogP contribution in [0.25, 0.3) is 0 Å². The van der Waals surface area contributed by atoms with Crippen LogP contribution in [-0.2, 0) is 23.7 Å². The van der Waals surface area contributed by atoms with Gasteiger partial charge >= 0.3 is 0 Å². The molecule has 2 aliphatic heterocycles. The maximum atomic E-state index is 12.9. The second-order valence-corrected chi connectivity index (χ2v) is 8.58. The zero-order chi connectivity index (χ0) is 23.0. The monoisotopic (exact) mass is 442 g/mol. The fourth-order valence-corrected chi connectivity index (χ4v) is 3.90. The van der Waals surface area contributed by atoms with Gasteiger partial charge in [0.1, 0.15) is 24.4 Å². The van der Waals surface area contributed by atoms with Gasteiger partial charge in [-0.3, -0.25) is 4.79 Å². The van der Waals surface area contributed by atoms with Gasteiger partial charge in [-0.15, -0.1) is 6.58 Å². The minimum atomic E-state index is -1.61. The molecule has 10 heteroatoms. The SMILES string of the molecule is C=CC[C@]1(C[C@H](O)C(C)(C)O[C@@H]2O[C@H](CO)[C@@H](O)[C@H](O)[C@H]2O)C=C2OCOC2=CC1=O. The molecular weight excluding hydrogens is 412 g/mol. The highest BCUT2D eigenvalue weighted by molar-refractivity contribution is 5.98. The van der Waals surface area contributed by atoms with Gasteiger partial charge in [0.05, 0.1) is 23.7 Å². The van der Waals surface area contributed by atoms with E-state index >= 15 is 0 Å². The molecule has 0 unspecified atom stereocenters. The van der Waals surface area contributed by atoms with E-state index < -0.39 is 54.4 Å². The number of rotatable bonds is 8. The molecule has 0 spiro atoms. The van der Waals surface area contributed by atoms with Crippen LogP contribution in [0.4, 0.5) is 0 Å². The molecule has 0 bridgehead atoms. The maximum absolute atomic E-state index is 12.9. The molecule has 10 nitrogen and oxygen atoms in total. The van der Waals surface area contributed by atoms with E-state index in [4.69, 9.17) is 18.9 Å². The van der Waals surface area contributed by atoms with E-state index in [0.717, 1.165) is 0 Å². The van der Waals surface area contributed by atoms with Crippen molar-refractivity contribution in [2.24, 2.45) is 5.41 Å². The van der Waals surface area contributed by atoms with Crippen molar-refractivity contribution in [1.29, 1.82) is 0 Å². The Hall–Kier alpha value is -1.79. The highest BCUT2D eigenvalue weighted by Crippen LogP contribution is 2.42. The second kappa shape index (κ2) is 8.99. The first-order valence-corrected chi connectivity index (χ1v) is 10.1. The predicted octanol–water partition coefficient (Wildman–Crippen LogP) is -0.750. The molecule has 31 heavy (non-hydrogen) atoms. The summed E-state index contributed by atoms with van der Waals surface area (Å²) in [5.41, 5.74) is -2.48. The minimum Gasteiger partial charge on any atom is -0.454 e. The largest absolute Gasteiger partial charge is 0.454 e.